The van der Waals surface area contributed by atoms with Crippen molar-refractivity contribution in [3.63, 3.8) is 0 Å². The third kappa shape index (κ3) is 3.62. The van der Waals surface area contributed by atoms with Crippen LogP contribution in [0.1, 0.15) is 69.2 Å². The van der Waals surface area contributed by atoms with Crippen LogP contribution in [-0.2, 0) is 0 Å². The van der Waals surface area contributed by atoms with Crippen LogP contribution in [0.4, 0.5) is 8.78 Å². The molecule has 0 unspecified atom stereocenters. The van der Waals surface area contributed by atoms with Gasteiger partial charge in [-0.3, -0.25) is 4.79 Å². The molecule has 1 aromatic heterocycles. The highest BCUT2D eigenvalue weighted by Gasteiger charge is 2.44. The Labute approximate surface area is 194 Å². The molecule has 3 heterocycles. The van der Waals surface area contributed by atoms with Crippen molar-refractivity contribution in [1.82, 2.24) is 14.5 Å². The second-order valence-corrected chi connectivity index (χ2v) is 8.06. The largest absolute Gasteiger partial charge is 0.434 e. The number of aliphatic hydroxyl groups excluding tert-OH is 1. The molecule has 6 nitrogen and oxygen atoms in total. The molecule has 0 saturated heterocycles. The molecule has 2 aromatic carbocycles. The van der Waals surface area contributed by atoms with Crippen LogP contribution in [0.25, 0.3) is 11.0 Å². The number of aromatic nitrogens is 2. The van der Waals surface area contributed by atoms with Gasteiger partial charge in [-0.05, 0) is 43.2 Å². The van der Waals surface area contributed by atoms with E-state index in [2.05, 4.69) is 16.8 Å². The van der Waals surface area contributed by atoms with Gasteiger partial charge in [0.2, 0.25) is 0 Å². The van der Waals surface area contributed by atoms with Crippen molar-refractivity contribution in [2.45, 2.75) is 44.4 Å². The number of amides is 1. The Morgan fingerprint density at radius 3 is 2.97 bits per heavy atom. The highest BCUT2D eigenvalue weighted by Crippen LogP contribution is 2.49. The Bertz CT molecular complexity index is 1390. The lowest BCUT2D eigenvalue weighted by Gasteiger charge is -2.24. The number of nitrogens with zero attached hydrogens (tertiary/aromatic N) is 3. The number of benzene rings is 2. The molecular formula is C25H23F2N3O3. The van der Waals surface area contributed by atoms with Gasteiger partial charge in [0.05, 0.1) is 23.1 Å². The molecule has 8 heteroatoms. The van der Waals surface area contributed by atoms with E-state index in [0.717, 1.165) is 16.9 Å². The molecule has 33 heavy (non-hydrogen) atoms. The topological polar surface area (TPSA) is 67.6 Å². The molecule has 1 amide bonds. The Morgan fingerprint density at radius 1 is 1.30 bits per heavy atom. The number of imidazole rings is 1. The van der Waals surface area contributed by atoms with Gasteiger partial charge in [-0.25, -0.2) is 4.98 Å². The van der Waals surface area contributed by atoms with Crippen molar-refractivity contribution < 1.29 is 27.5 Å². The highest BCUT2D eigenvalue weighted by molar-refractivity contribution is 5.97. The molecule has 1 N–H and O–H groups in total. The number of carbonyl (C=O) groups excluding carboxylic acids is 1. The Morgan fingerprint density at radius 2 is 2.18 bits per heavy atom. The quantitative estimate of drug-likeness (QED) is 0.462. The Balaban J connectivity index is 1.69. The number of carbonyl (C=O) groups is 1. The van der Waals surface area contributed by atoms with Gasteiger partial charge in [0.15, 0.2) is 0 Å². The summed E-state index contributed by atoms with van der Waals surface area (Å²) >= 11 is 0. The van der Waals surface area contributed by atoms with E-state index in [1.807, 2.05) is 10.6 Å². The molecule has 2 bridgehead atoms. The molecule has 2 aliphatic heterocycles. The monoisotopic (exact) mass is 454 g/mol. The van der Waals surface area contributed by atoms with E-state index in [4.69, 9.17) is 14.0 Å². The average molecular weight is 454 g/mol. The molecule has 0 saturated carbocycles. The zero-order valence-electron chi connectivity index (χ0n) is 20.6. The second kappa shape index (κ2) is 8.49. The summed E-state index contributed by atoms with van der Waals surface area (Å²) < 4.78 is 57.4. The van der Waals surface area contributed by atoms with Gasteiger partial charge in [-0.1, -0.05) is 17.9 Å². The lowest BCUT2D eigenvalue weighted by Crippen LogP contribution is -2.30. The molecular weight excluding hydrogens is 428 g/mol. The molecule has 170 valence electrons. The maximum atomic E-state index is 13.4. The molecule has 5 rings (SSSR count). The van der Waals surface area contributed by atoms with Crippen molar-refractivity contribution in [2.75, 3.05) is 13.6 Å². The Hall–Kier alpha value is -3.44. The third-order valence-electron chi connectivity index (χ3n) is 6.09. The maximum Gasteiger partial charge on any atom is 0.387 e. The molecule has 0 radical (unpaired) electrons. The first-order chi connectivity index (χ1) is 17.2. The minimum Gasteiger partial charge on any atom is -0.434 e. The van der Waals surface area contributed by atoms with Crippen molar-refractivity contribution >= 4 is 16.9 Å². The Kier molecular flexibility index (Phi) is 4.64. The smallest absolute Gasteiger partial charge is 0.387 e. The molecule has 0 fully saturated rings. The summed E-state index contributed by atoms with van der Waals surface area (Å²) in [5, 5.41) is 8.92. The minimum absolute atomic E-state index is 0.0177. The average Bonchev–Trinajstić information content (AvgIpc) is 3.31. The predicted octanol–water partition coefficient (Wildman–Crippen LogP) is 4.27. The van der Waals surface area contributed by atoms with E-state index in [-0.39, 0.29) is 29.9 Å². The van der Waals surface area contributed by atoms with Crippen LogP contribution < -0.4 is 4.74 Å². The van der Waals surface area contributed by atoms with E-state index in [0.29, 0.717) is 29.7 Å². The second-order valence-electron chi connectivity index (χ2n) is 8.06. The van der Waals surface area contributed by atoms with Crippen LogP contribution in [0, 0.1) is 11.8 Å². The number of aliphatic hydroxyl groups is 1. The van der Waals surface area contributed by atoms with Crippen molar-refractivity contribution in [2.24, 2.45) is 0 Å². The molecule has 2 atom stereocenters. The lowest BCUT2D eigenvalue weighted by atomic mass is 9.97. The summed E-state index contributed by atoms with van der Waals surface area (Å²) in [4.78, 5) is 18.9. The standard InChI is InChI=1S/C25H23F2N3O3/c1-29-20-14-19(22-16(24(29)32)8-6-9-21(22)33-25(26)27)30-18-13-15(7-4-2-3-5-12-31)10-11-17(18)28-23(20)30/h6,8-11,13,19-20,25,31H,2-3,5,12,14H2,1H3/t19-,20-/m1/s1/i1D3. The number of ether oxygens (including phenoxy) is 1. The normalized spacial score (nSPS) is 20.4. The first-order valence-corrected chi connectivity index (χ1v) is 10.7. The van der Waals surface area contributed by atoms with E-state index >= 15 is 0 Å². The number of hydrogen-bond acceptors (Lipinski definition) is 4. The van der Waals surface area contributed by atoms with Crippen LogP contribution in [0.5, 0.6) is 5.75 Å². The van der Waals surface area contributed by atoms with Crippen LogP contribution in [0.2, 0.25) is 0 Å². The summed E-state index contributed by atoms with van der Waals surface area (Å²) in [6.45, 7) is -5.77. The van der Waals surface area contributed by atoms with E-state index < -0.39 is 31.6 Å². The molecule has 3 aromatic rings. The summed E-state index contributed by atoms with van der Waals surface area (Å²) in [7, 11) is 0. The van der Waals surface area contributed by atoms with Gasteiger partial charge in [0.25, 0.3) is 5.91 Å². The van der Waals surface area contributed by atoms with Crippen LogP contribution >= 0.6 is 0 Å². The summed E-state index contributed by atoms with van der Waals surface area (Å²) in [6.07, 6.45) is 2.25. The van der Waals surface area contributed by atoms with Gasteiger partial charge >= 0.3 is 6.61 Å². The van der Waals surface area contributed by atoms with E-state index in [1.165, 1.54) is 18.2 Å². The first-order valence-electron chi connectivity index (χ1n) is 12.2. The van der Waals surface area contributed by atoms with E-state index in [1.54, 1.807) is 12.1 Å². The van der Waals surface area contributed by atoms with E-state index in [9.17, 15) is 13.6 Å². The number of halogens is 2. The number of unbranched alkanes of at least 4 members (excludes halogenated alkanes) is 2. The SMILES string of the molecule is [2H]C([2H])([2H])N1C(=O)c2cccc(OC(F)F)c2[C@H]2C[C@@H]1c1nc3ccc(C#CCCCCO)cc3n12. The van der Waals surface area contributed by atoms with Crippen molar-refractivity contribution in [3.8, 4) is 17.6 Å². The minimum atomic E-state index is -3.11. The predicted molar refractivity (Wildman–Crippen MR) is 118 cm³/mol. The van der Waals surface area contributed by atoms with Crippen molar-refractivity contribution in [1.29, 1.82) is 0 Å². The van der Waals surface area contributed by atoms with Gasteiger partial charge in [-0.2, -0.15) is 8.78 Å². The van der Waals surface area contributed by atoms with Gasteiger partial charge in [0.1, 0.15) is 11.6 Å². The third-order valence-corrected chi connectivity index (χ3v) is 6.09. The maximum absolute atomic E-state index is 13.4. The summed E-state index contributed by atoms with van der Waals surface area (Å²) in [5.41, 5.74) is 2.20. The fraction of sp³-hybridized carbons (Fsp3) is 0.360. The summed E-state index contributed by atoms with van der Waals surface area (Å²) in [6, 6.07) is 8.11. The highest BCUT2D eigenvalue weighted by atomic mass is 19.3. The molecule has 0 aliphatic carbocycles. The molecule has 2 aliphatic rings. The number of hydrogen-bond donors (Lipinski definition) is 1. The van der Waals surface area contributed by atoms with Crippen LogP contribution in [0.3, 0.4) is 0 Å². The van der Waals surface area contributed by atoms with Gasteiger partial charge in [-0.15, -0.1) is 0 Å². The van der Waals surface area contributed by atoms with Crippen molar-refractivity contribution in [3.05, 3.63) is 58.9 Å². The summed E-state index contributed by atoms with van der Waals surface area (Å²) in [5.74, 6) is 5.61. The zero-order valence-corrected chi connectivity index (χ0v) is 17.6. The number of rotatable bonds is 5. The van der Waals surface area contributed by atoms with Gasteiger partial charge in [0, 0.05) is 47.2 Å². The lowest BCUT2D eigenvalue weighted by molar-refractivity contribution is -0.0507. The van der Waals surface area contributed by atoms with Gasteiger partial charge < -0.3 is 19.3 Å². The molecule has 0 spiro atoms. The van der Waals surface area contributed by atoms with Crippen LogP contribution in [-0.4, -0.2) is 45.7 Å². The first kappa shape index (κ1) is 18.0. The number of fused-ring (bicyclic) bond motifs is 9. The zero-order chi connectivity index (χ0) is 25.6. The number of alkyl halides is 2. The van der Waals surface area contributed by atoms with Crippen LogP contribution in [0.15, 0.2) is 36.4 Å². The fourth-order valence-corrected chi connectivity index (χ4v) is 4.68. The fourth-order valence-electron chi connectivity index (χ4n) is 4.68.